The van der Waals surface area contributed by atoms with Crippen LogP contribution in [-0.4, -0.2) is 40.6 Å². The number of hydrogen-bond acceptors (Lipinski definition) is 4. The summed E-state index contributed by atoms with van der Waals surface area (Å²) >= 11 is 2.00. The molecule has 1 aromatic carbocycles. The van der Waals surface area contributed by atoms with Gasteiger partial charge in [0, 0.05) is 36.5 Å². The summed E-state index contributed by atoms with van der Waals surface area (Å²) in [7, 11) is 0. The molecule has 1 saturated heterocycles. The third-order valence-corrected chi connectivity index (χ3v) is 4.24. The lowest BCUT2D eigenvalue weighted by Gasteiger charge is -2.26. The van der Waals surface area contributed by atoms with Gasteiger partial charge < -0.3 is 9.52 Å². The summed E-state index contributed by atoms with van der Waals surface area (Å²) in [6.45, 7) is 3.16. The highest BCUT2D eigenvalue weighted by Gasteiger charge is 2.13. The molecule has 2 aromatic rings. The second-order valence-electron chi connectivity index (χ2n) is 4.68. The molecule has 100 valence electrons. The Morgan fingerprint density at radius 3 is 2.84 bits per heavy atom. The maximum Gasteiger partial charge on any atom is 0.371 e. The van der Waals surface area contributed by atoms with Crippen molar-refractivity contribution in [3.05, 3.63) is 35.6 Å². The van der Waals surface area contributed by atoms with Crippen molar-refractivity contribution in [1.29, 1.82) is 0 Å². The van der Waals surface area contributed by atoms with Gasteiger partial charge in [0.2, 0.25) is 5.76 Å². The summed E-state index contributed by atoms with van der Waals surface area (Å²) in [4.78, 5) is 13.3. The molecule has 2 heterocycles. The zero-order valence-corrected chi connectivity index (χ0v) is 11.3. The Labute approximate surface area is 115 Å². The maximum atomic E-state index is 10.9. The topological polar surface area (TPSA) is 53.7 Å². The summed E-state index contributed by atoms with van der Waals surface area (Å²) in [5, 5.41) is 9.77. The smallest absolute Gasteiger partial charge is 0.371 e. The lowest BCUT2D eigenvalue weighted by Crippen LogP contribution is -2.31. The number of benzene rings is 1. The molecule has 19 heavy (non-hydrogen) atoms. The Morgan fingerprint density at radius 2 is 2.11 bits per heavy atom. The molecule has 0 radical (unpaired) electrons. The van der Waals surface area contributed by atoms with Gasteiger partial charge in [0.1, 0.15) is 5.58 Å². The molecule has 0 atom stereocenters. The van der Waals surface area contributed by atoms with E-state index in [1.54, 1.807) is 6.07 Å². The average molecular weight is 277 g/mol. The predicted octanol–water partition coefficient (Wildman–Crippen LogP) is 2.68. The van der Waals surface area contributed by atoms with Crippen LogP contribution in [0.25, 0.3) is 11.0 Å². The number of carboxylic acid groups (broad SMARTS) is 1. The number of carboxylic acids is 1. The standard InChI is InChI=1S/C14H15NO3S/c16-14(17)13-8-11-7-10(1-2-12(11)18-13)9-15-3-5-19-6-4-15/h1-2,7-8H,3-6,9H2,(H,16,17). The molecule has 1 aliphatic heterocycles. The van der Waals surface area contributed by atoms with E-state index in [0.29, 0.717) is 5.58 Å². The highest BCUT2D eigenvalue weighted by molar-refractivity contribution is 7.99. The van der Waals surface area contributed by atoms with E-state index in [1.807, 2.05) is 30.0 Å². The van der Waals surface area contributed by atoms with Crippen LogP contribution in [0.15, 0.2) is 28.7 Å². The fraction of sp³-hybridized carbons (Fsp3) is 0.357. The maximum absolute atomic E-state index is 10.9. The molecule has 0 spiro atoms. The summed E-state index contributed by atoms with van der Waals surface area (Å²) in [5.41, 5.74) is 1.84. The van der Waals surface area contributed by atoms with Crippen LogP contribution in [0.4, 0.5) is 0 Å². The molecule has 0 bridgehead atoms. The van der Waals surface area contributed by atoms with Crippen molar-refractivity contribution >= 4 is 28.7 Å². The van der Waals surface area contributed by atoms with Gasteiger partial charge in [-0.15, -0.1) is 0 Å². The largest absolute Gasteiger partial charge is 0.475 e. The van der Waals surface area contributed by atoms with Gasteiger partial charge in [-0.25, -0.2) is 4.79 Å². The predicted molar refractivity (Wildman–Crippen MR) is 75.8 cm³/mol. The molecule has 0 unspecified atom stereocenters. The van der Waals surface area contributed by atoms with Gasteiger partial charge in [-0.1, -0.05) is 6.07 Å². The number of carbonyl (C=O) groups is 1. The molecule has 1 aromatic heterocycles. The molecule has 1 aliphatic rings. The number of hydrogen-bond donors (Lipinski definition) is 1. The van der Waals surface area contributed by atoms with E-state index < -0.39 is 5.97 Å². The van der Waals surface area contributed by atoms with Gasteiger partial charge in [-0.3, -0.25) is 4.90 Å². The van der Waals surface area contributed by atoms with Crippen molar-refractivity contribution in [2.75, 3.05) is 24.6 Å². The molecule has 0 aliphatic carbocycles. The van der Waals surface area contributed by atoms with Crippen LogP contribution in [-0.2, 0) is 6.54 Å². The Kier molecular flexibility index (Phi) is 3.48. The van der Waals surface area contributed by atoms with Crippen molar-refractivity contribution in [1.82, 2.24) is 4.90 Å². The molecule has 3 rings (SSSR count). The van der Waals surface area contributed by atoms with Crippen LogP contribution < -0.4 is 0 Å². The van der Waals surface area contributed by atoms with Crippen LogP contribution in [0.3, 0.4) is 0 Å². The minimum atomic E-state index is -1.02. The highest BCUT2D eigenvalue weighted by atomic mass is 32.2. The Morgan fingerprint density at radius 1 is 1.32 bits per heavy atom. The minimum Gasteiger partial charge on any atom is -0.475 e. The Hall–Kier alpha value is -1.46. The third kappa shape index (κ3) is 2.77. The first kappa shape index (κ1) is 12.6. The molecule has 4 nitrogen and oxygen atoms in total. The SMILES string of the molecule is O=C(O)c1cc2cc(CN3CCSCC3)ccc2o1. The van der Waals surface area contributed by atoms with E-state index in [4.69, 9.17) is 9.52 Å². The van der Waals surface area contributed by atoms with Crippen LogP contribution in [0.1, 0.15) is 16.1 Å². The van der Waals surface area contributed by atoms with Gasteiger partial charge in [0.25, 0.3) is 0 Å². The number of nitrogens with zero attached hydrogens (tertiary/aromatic N) is 1. The summed E-state index contributed by atoms with van der Waals surface area (Å²) < 4.78 is 5.26. The number of aromatic carboxylic acids is 1. The molecular weight excluding hydrogens is 262 g/mol. The van der Waals surface area contributed by atoms with E-state index in [2.05, 4.69) is 4.90 Å². The summed E-state index contributed by atoms with van der Waals surface area (Å²) in [6.07, 6.45) is 0. The second kappa shape index (κ2) is 5.27. The van der Waals surface area contributed by atoms with Crippen LogP contribution in [0.5, 0.6) is 0 Å². The summed E-state index contributed by atoms with van der Waals surface area (Å²) in [5.74, 6) is 1.36. The van der Waals surface area contributed by atoms with Gasteiger partial charge in [-0.2, -0.15) is 11.8 Å². The van der Waals surface area contributed by atoms with Gasteiger partial charge in [0.05, 0.1) is 0 Å². The summed E-state index contributed by atoms with van der Waals surface area (Å²) in [6, 6.07) is 7.48. The minimum absolute atomic E-state index is 0.00141. The monoisotopic (exact) mass is 277 g/mol. The zero-order valence-electron chi connectivity index (χ0n) is 10.5. The van der Waals surface area contributed by atoms with Crippen molar-refractivity contribution in [3.8, 4) is 0 Å². The van der Waals surface area contributed by atoms with E-state index in [9.17, 15) is 4.79 Å². The quantitative estimate of drug-likeness (QED) is 0.934. The fourth-order valence-corrected chi connectivity index (χ4v) is 3.29. The molecular formula is C14H15NO3S. The van der Waals surface area contributed by atoms with E-state index >= 15 is 0 Å². The van der Waals surface area contributed by atoms with Crippen LogP contribution >= 0.6 is 11.8 Å². The van der Waals surface area contributed by atoms with Crippen molar-refractivity contribution < 1.29 is 14.3 Å². The van der Waals surface area contributed by atoms with Gasteiger partial charge in [0.15, 0.2) is 0 Å². The lowest BCUT2D eigenvalue weighted by molar-refractivity contribution is 0.0665. The number of fused-ring (bicyclic) bond motifs is 1. The van der Waals surface area contributed by atoms with Crippen molar-refractivity contribution in [3.63, 3.8) is 0 Å². The first-order valence-electron chi connectivity index (χ1n) is 6.28. The van der Waals surface area contributed by atoms with Gasteiger partial charge in [-0.05, 0) is 23.8 Å². The molecule has 0 amide bonds. The van der Waals surface area contributed by atoms with Crippen molar-refractivity contribution in [2.45, 2.75) is 6.54 Å². The first-order chi connectivity index (χ1) is 9.22. The third-order valence-electron chi connectivity index (χ3n) is 3.30. The van der Waals surface area contributed by atoms with Crippen molar-refractivity contribution in [2.24, 2.45) is 0 Å². The molecule has 1 N–H and O–H groups in total. The number of thioether (sulfide) groups is 1. The van der Waals surface area contributed by atoms with E-state index in [-0.39, 0.29) is 5.76 Å². The van der Waals surface area contributed by atoms with Crippen LogP contribution in [0.2, 0.25) is 0 Å². The number of furan rings is 1. The molecule has 0 saturated carbocycles. The Balaban J connectivity index is 1.82. The Bertz CT molecular complexity index is 602. The zero-order chi connectivity index (χ0) is 13.2. The van der Waals surface area contributed by atoms with Gasteiger partial charge >= 0.3 is 5.97 Å². The highest BCUT2D eigenvalue weighted by Crippen LogP contribution is 2.22. The number of rotatable bonds is 3. The fourth-order valence-electron chi connectivity index (χ4n) is 2.31. The normalized spacial score (nSPS) is 16.8. The van der Waals surface area contributed by atoms with Crippen LogP contribution in [0, 0.1) is 0 Å². The lowest BCUT2D eigenvalue weighted by atomic mass is 10.1. The molecule has 1 fully saturated rings. The average Bonchev–Trinajstić information content (AvgIpc) is 2.83. The molecule has 5 heteroatoms. The second-order valence-corrected chi connectivity index (χ2v) is 5.90. The van der Waals surface area contributed by atoms with E-state index in [0.717, 1.165) is 25.0 Å². The van der Waals surface area contributed by atoms with E-state index in [1.165, 1.54) is 17.1 Å². The first-order valence-corrected chi connectivity index (χ1v) is 7.44.